The first kappa shape index (κ1) is 14.8. The van der Waals surface area contributed by atoms with E-state index in [4.69, 9.17) is 0 Å². The number of nitrogens with one attached hydrogen (secondary N) is 1. The van der Waals surface area contributed by atoms with Gasteiger partial charge in [-0.25, -0.2) is 0 Å². The van der Waals surface area contributed by atoms with Crippen molar-refractivity contribution in [3.63, 3.8) is 0 Å². The zero-order chi connectivity index (χ0) is 14.6. The summed E-state index contributed by atoms with van der Waals surface area (Å²) in [6.45, 7) is 0.743. The van der Waals surface area contributed by atoms with Crippen molar-refractivity contribution in [3.05, 3.63) is 24.3 Å². The number of hydrogen-bond donors (Lipinski definition) is 1. The lowest BCUT2D eigenvalue weighted by molar-refractivity contribution is -0.119. The van der Waals surface area contributed by atoms with Crippen molar-refractivity contribution < 1.29 is 17.1 Å². The third-order valence-electron chi connectivity index (χ3n) is 3.18. The van der Waals surface area contributed by atoms with Gasteiger partial charge in [0.1, 0.15) is 0 Å². The number of nitrogens with zero attached hydrogens (tertiary/aromatic N) is 1. The van der Waals surface area contributed by atoms with E-state index in [1.165, 1.54) is 0 Å². The van der Waals surface area contributed by atoms with Crippen molar-refractivity contribution in [2.24, 2.45) is 0 Å². The van der Waals surface area contributed by atoms with Crippen LogP contribution in [-0.2, 0) is 15.0 Å². The highest BCUT2D eigenvalue weighted by molar-refractivity contribution is 7.86. The van der Waals surface area contributed by atoms with Crippen LogP contribution in [0.15, 0.2) is 24.3 Å². The van der Waals surface area contributed by atoms with E-state index in [1.54, 1.807) is 29.2 Å². The second-order valence-electron chi connectivity index (χ2n) is 4.72. The summed E-state index contributed by atoms with van der Waals surface area (Å²) in [5.41, 5.74) is 1.53. The van der Waals surface area contributed by atoms with Crippen LogP contribution in [0, 0.1) is 0 Å². The molecule has 1 saturated heterocycles. The van der Waals surface area contributed by atoms with Crippen LogP contribution < -0.4 is 10.2 Å². The van der Waals surface area contributed by atoms with E-state index in [2.05, 4.69) is 5.32 Å². The maximum absolute atomic E-state index is 12.3. The summed E-state index contributed by atoms with van der Waals surface area (Å²) < 4.78 is 33.1. The number of hydrogen-bond acceptors (Lipinski definition) is 4. The number of halogens is 1. The molecular weight excluding hydrogens is 283 g/mol. The molecule has 1 aromatic rings. The third kappa shape index (κ3) is 4.19. The summed E-state index contributed by atoms with van der Waals surface area (Å²) >= 11 is 0. The van der Waals surface area contributed by atoms with Gasteiger partial charge >= 0.3 is 10.2 Å². The summed E-state index contributed by atoms with van der Waals surface area (Å²) in [6, 6.07) is 7.11. The van der Waals surface area contributed by atoms with Gasteiger partial charge in [0.05, 0.1) is 5.75 Å². The Morgan fingerprint density at radius 1 is 1.20 bits per heavy atom. The number of rotatable bonds is 5. The summed E-state index contributed by atoms with van der Waals surface area (Å²) in [5.74, 6) is -0.431. The molecule has 7 heteroatoms. The van der Waals surface area contributed by atoms with E-state index in [9.17, 15) is 17.1 Å². The Kier molecular flexibility index (Phi) is 4.59. The quantitative estimate of drug-likeness (QED) is 0.844. The molecule has 1 fully saturated rings. The van der Waals surface area contributed by atoms with E-state index < -0.39 is 16.0 Å². The van der Waals surface area contributed by atoms with Gasteiger partial charge in [-0.05, 0) is 37.1 Å². The predicted molar refractivity (Wildman–Crippen MR) is 76.0 cm³/mol. The molecule has 1 heterocycles. The average molecular weight is 300 g/mol. The van der Waals surface area contributed by atoms with Crippen LogP contribution in [0.25, 0.3) is 0 Å². The molecule has 2 rings (SSSR count). The van der Waals surface area contributed by atoms with Crippen molar-refractivity contribution in [2.45, 2.75) is 19.3 Å². The minimum atomic E-state index is -4.44. The van der Waals surface area contributed by atoms with Crippen molar-refractivity contribution in [1.29, 1.82) is 0 Å². The number of carbonyl (C=O) groups is 1. The van der Waals surface area contributed by atoms with Gasteiger partial charge in [-0.1, -0.05) is 0 Å². The van der Waals surface area contributed by atoms with Gasteiger partial charge in [-0.15, -0.1) is 3.89 Å². The first-order valence-corrected chi connectivity index (χ1v) is 8.07. The molecule has 110 valence electrons. The number of piperidine rings is 1. The van der Waals surface area contributed by atoms with Gasteiger partial charge in [0.25, 0.3) is 0 Å². The second kappa shape index (κ2) is 6.21. The lowest BCUT2D eigenvalue weighted by Crippen LogP contribution is -2.35. The lowest BCUT2D eigenvalue weighted by atomic mass is 10.1. The van der Waals surface area contributed by atoms with Crippen LogP contribution in [0.1, 0.15) is 19.3 Å². The van der Waals surface area contributed by atoms with Gasteiger partial charge in [-0.3, -0.25) is 4.79 Å². The van der Waals surface area contributed by atoms with Gasteiger partial charge < -0.3 is 10.2 Å². The van der Waals surface area contributed by atoms with Crippen LogP contribution in [-0.4, -0.2) is 33.2 Å². The van der Waals surface area contributed by atoms with Crippen molar-refractivity contribution in [1.82, 2.24) is 0 Å². The maximum atomic E-state index is 12.3. The third-order valence-corrected chi connectivity index (χ3v) is 3.87. The highest BCUT2D eigenvalue weighted by Gasteiger charge is 2.19. The zero-order valence-corrected chi connectivity index (χ0v) is 11.8. The molecule has 0 spiro atoms. The summed E-state index contributed by atoms with van der Waals surface area (Å²) in [7, 11) is -4.44. The molecule has 0 atom stereocenters. The van der Waals surface area contributed by atoms with Crippen LogP contribution >= 0.6 is 0 Å². The molecule has 0 radical (unpaired) electrons. The highest BCUT2D eigenvalue weighted by atomic mass is 32.3. The minimum Gasteiger partial charge on any atom is -0.384 e. The summed E-state index contributed by atoms with van der Waals surface area (Å²) in [5, 5.41) is 2.82. The Hall–Kier alpha value is -1.63. The molecule has 1 aliphatic rings. The number of benzene rings is 1. The molecular formula is C13H17FN2O3S. The van der Waals surface area contributed by atoms with Crippen molar-refractivity contribution in [2.75, 3.05) is 29.1 Å². The molecule has 0 aromatic heterocycles. The number of carbonyl (C=O) groups excluding carboxylic acids is 1. The molecule has 0 saturated carbocycles. The van der Waals surface area contributed by atoms with Crippen LogP contribution in [0.3, 0.4) is 0 Å². The summed E-state index contributed by atoms with van der Waals surface area (Å²) in [4.78, 5) is 13.5. The molecule has 1 aromatic carbocycles. The van der Waals surface area contributed by atoms with E-state index in [0.717, 1.165) is 25.1 Å². The SMILES string of the molecule is O=C1CCCCN1c1ccc(NCCS(=O)(=O)F)cc1. The molecule has 5 nitrogen and oxygen atoms in total. The largest absolute Gasteiger partial charge is 0.384 e. The Balaban J connectivity index is 1.94. The van der Waals surface area contributed by atoms with Crippen molar-refractivity contribution >= 4 is 27.5 Å². The van der Waals surface area contributed by atoms with Crippen LogP contribution in [0.5, 0.6) is 0 Å². The Labute approximate surface area is 118 Å². The number of amides is 1. The van der Waals surface area contributed by atoms with Crippen molar-refractivity contribution in [3.8, 4) is 0 Å². The molecule has 20 heavy (non-hydrogen) atoms. The molecule has 0 aliphatic carbocycles. The predicted octanol–water partition coefficient (Wildman–Crippen LogP) is 1.91. The standard InChI is InChI=1S/C13H17FN2O3S/c14-20(18,19)10-8-15-11-4-6-12(7-5-11)16-9-2-1-3-13(16)17/h4-7,15H,1-3,8-10H2. The van der Waals surface area contributed by atoms with E-state index in [0.29, 0.717) is 12.1 Å². The number of anilines is 2. The Morgan fingerprint density at radius 2 is 1.90 bits per heavy atom. The topological polar surface area (TPSA) is 66.5 Å². The van der Waals surface area contributed by atoms with E-state index in [1.807, 2.05) is 0 Å². The first-order chi connectivity index (χ1) is 9.46. The Bertz CT molecular complexity index is 572. The monoisotopic (exact) mass is 300 g/mol. The molecule has 1 aliphatic heterocycles. The molecule has 1 N–H and O–H groups in total. The fourth-order valence-electron chi connectivity index (χ4n) is 2.16. The lowest BCUT2D eigenvalue weighted by Gasteiger charge is -2.26. The minimum absolute atomic E-state index is 0.0147. The Morgan fingerprint density at radius 3 is 2.50 bits per heavy atom. The van der Waals surface area contributed by atoms with E-state index >= 15 is 0 Å². The molecule has 0 bridgehead atoms. The summed E-state index contributed by atoms with van der Waals surface area (Å²) in [6.07, 6.45) is 2.52. The van der Waals surface area contributed by atoms with E-state index in [-0.39, 0.29) is 12.5 Å². The highest BCUT2D eigenvalue weighted by Crippen LogP contribution is 2.22. The van der Waals surface area contributed by atoms with Gasteiger partial charge in [-0.2, -0.15) is 8.42 Å². The smallest absolute Gasteiger partial charge is 0.304 e. The molecule has 1 amide bonds. The van der Waals surface area contributed by atoms with Gasteiger partial charge in [0, 0.05) is 30.9 Å². The fourth-order valence-corrected chi connectivity index (χ4v) is 2.50. The molecule has 0 unspecified atom stereocenters. The maximum Gasteiger partial charge on any atom is 0.304 e. The fraction of sp³-hybridized carbons (Fsp3) is 0.462. The average Bonchev–Trinajstić information content (AvgIpc) is 2.39. The van der Waals surface area contributed by atoms with Crippen LogP contribution in [0.2, 0.25) is 0 Å². The normalized spacial score (nSPS) is 16.2. The first-order valence-electron chi connectivity index (χ1n) is 6.52. The van der Waals surface area contributed by atoms with Gasteiger partial charge in [0.15, 0.2) is 0 Å². The van der Waals surface area contributed by atoms with Crippen LogP contribution in [0.4, 0.5) is 15.3 Å². The van der Waals surface area contributed by atoms with Gasteiger partial charge in [0.2, 0.25) is 5.91 Å². The second-order valence-corrected chi connectivity index (χ2v) is 6.21. The zero-order valence-electron chi connectivity index (χ0n) is 11.0.